The molecule has 0 saturated carbocycles. The van der Waals surface area contributed by atoms with Crippen molar-refractivity contribution in [1.29, 1.82) is 0 Å². The molecule has 0 spiro atoms. The average Bonchev–Trinajstić information content (AvgIpc) is 2.58. The lowest BCUT2D eigenvalue weighted by molar-refractivity contribution is 0.468. The molecule has 0 saturated heterocycles. The molecule has 0 unspecified atom stereocenters. The maximum Gasteiger partial charge on any atom is 0.119 e. The van der Waals surface area contributed by atoms with E-state index in [0.29, 0.717) is 5.75 Å². The van der Waals surface area contributed by atoms with Crippen molar-refractivity contribution in [2.24, 2.45) is 0 Å². The molecule has 0 amide bonds. The first kappa shape index (κ1) is 17.6. The highest BCUT2D eigenvalue weighted by molar-refractivity contribution is 5.42. The SMILES string of the molecule is CCCCCCCCCc1cccc(O)c1Cc1ccccc1. The summed E-state index contributed by atoms with van der Waals surface area (Å²) in [6, 6.07) is 16.4. The van der Waals surface area contributed by atoms with Gasteiger partial charge in [-0.2, -0.15) is 0 Å². The molecule has 124 valence electrons. The van der Waals surface area contributed by atoms with Gasteiger partial charge in [0.2, 0.25) is 0 Å². The second kappa shape index (κ2) is 10.1. The second-order valence-corrected chi connectivity index (χ2v) is 6.45. The number of unbranched alkanes of at least 4 members (excludes halogenated alkanes) is 6. The van der Waals surface area contributed by atoms with E-state index in [9.17, 15) is 5.11 Å². The van der Waals surface area contributed by atoms with Crippen LogP contribution in [0.2, 0.25) is 0 Å². The summed E-state index contributed by atoms with van der Waals surface area (Å²) in [6.45, 7) is 2.26. The third kappa shape index (κ3) is 6.09. The lowest BCUT2D eigenvalue weighted by Gasteiger charge is -2.12. The average molecular weight is 310 g/mol. The van der Waals surface area contributed by atoms with Gasteiger partial charge in [-0.3, -0.25) is 0 Å². The molecule has 0 aliphatic rings. The number of rotatable bonds is 10. The van der Waals surface area contributed by atoms with E-state index in [0.717, 1.165) is 18.4 Å². The van der Waals surface area contributed by atoms with Gasteiger partial charge in [-0.1, -0.05) is 87.9 Å². The summed E-state index contributed by atoms with van der Waals surface area (Å²) in [6.07, 6.45) is 11.2. The van der Waals surface area contributed by atoms with Crippen LogP contribution in [0.3, 0.4) is 0 Å². The lowest BCUT2D eigenvalue weighted by atomic mass is 9.95. The van der Waals surface area contributed by atoms with E-state index in [1.807, 2.05) is 18.2 Å². The van der Waals surface area contributed by atoms with Crippen LogP contribution in [-0.4, -0.2) is 5.11 Å². The molecular formula is C22H30O. The Morgan fingerprint density at radius 2 is 1.43 bits per heavy atom. The van der Waals surface area contributed by atoms with Gasteiger partial charge in [0.1, 0.15) is 5.75 Å². The summed E-state index contributed by atoms with van der Waals surface area (Å²) in [5.41, 5.74) is 3.67. The number of benzene rings is 2. The highest BCUT2D eigenvalue weighted by atomic mass is 16.3. The Labute approximate surface area is 141 Å². The number of aromatic hydroxyl groups is 1. The molecule has 2 aromatic carbocycles. The molecular weight excluding hydrogens is 280 g/mol. The monoisotopic (exact) mass is 310 g/mol. The van der Waals surface area contributed by atoms with Gasteiger partial charge in [-0.05, 0) is 30.0 Å². The predicted molar refractivity (Wildman–Crippen MR) is 99.1 cm³/mol. The summed E-state index contributed by atoms with van der Waals surface area (Å²) in [5, 5.41) is 10.3. The molecule has 2 rings (SSSR count). The zero-order valence-electron chi connectivity index (χ0n) is 14.4. The molecule has 1 N–H and O–H groups in total. The topological polar surface area (TPSA) is 20.2 Å². The zero-order valence-corrected chi connectivity index (χ0v) is 14.4. The quantitative estimate of drug-likeness (QED) is 0.512. The molecule has 0 fully saturated rings. The van der Waals surface area contributed by atoms with Crippen molar-refractivity contribution in [3.05, 3.63) is 65.2 Å². The minimum atomic E-state index is 0.439. The van der Waals surface area contributed by atoms with Crippen LogP contribution in [0.5, 0.6) is 5.75 Å². The van der Waals surface area contributed by atoms with Crippen molar-refractivity contribution in [2.45, 2.75) is 64.7 Å². The van der Waals surface area contributed by atoms with Gasteiger partial charge in [0.05, 0.1) is 0 Å². The summed E-state index contributed by atoms with van der Waals surface area (Å²) < 4.78 is 0. The maximum atomic E-state index is 10.3. The van der Waals surface area contributed by atoms with Crippen molar-refractivity contribution >= 4 is 0 Å². The van der Waals surface area contributed by atoms with Crippen LogP contribution in [0.15, 0.2) is 48.5 Å². The van der Waals surface area contributed by atoms with E-state index < -0.39 is 0 Å². The minimum Gasteiger partial charge on any atom is -0.508 e. The van der Waals surface area contributed by atoms with E-state index in [4.69, 9.17) is 0 Å². The van der Waals surface area contributed by atoms with Gasteiger partial charge in [0.15, 0.2) is 0 Å². The van der Waals surface area contributed by atoms with Crippen LogP contribution in [-0.2, 0) is 12.8 Å². The standard InChI is InChI=1S/C22H30O/c1-2-3-4-5-6-7-11-15-20-16-12-17-22(23)21(20)18-19-13-9-8-10-14-19/h8-10,12-14,16-17,23H,2-7,11,15,18H2,1H3. The number of aryl methyl sites for hydroxylation is 1. The molecule has 2 aromatic rings. The van der Waals surface area contributed by atoms with Crippen LogP contribution >= 0.6 is 0 Å². The summed E-state index contributed by atoms with van der Waals surface area (Å²) in [5.74, 6) is 0.439. The number of phenols is 1. The molecule has 23 heavy (non-hydrogen) atoms. The minimum absolute atomic E-state index is 0.439. The zero-order chi connectivity index (χ0) is 16.3. The van der Waals surface area contributed by atoms with Gasteiger partial charge in [0, 0.05) is 12.0 Å². The summed E-state index contributed by atoms with van der Waals surface area (Å²) >= 11 is 0. The van der Waals surface area contributed by atoms with Crippen LogP contribution in [0.1, 0.15) is 68.6 Å². The number of hydrogen-bond acceptors (Lipinski definition) is 1. The molecule has 1 heteroatoms. The van der Waals surface area contributed by atoms with Crippen LogP contribution in [0.25, 0.3) is 0 Å². The van der Waals surface area contributed by atoms with Gasteiger partial charge in [-0.25, -0.2) is 0 Å². The van der Waals surface area contributed by atoms with Crippen molar-refractivity contribution in [3.8, 4) is 5.75 Å². The lowest BCUT2D eigenvalue weighted by Crippen LogP contribution is -1.97. The fraction of sp³-hybridized carbons (Fsp3) is 0.455. The van der Waals surface area contributed by atoms with Crippen molar-refractivity contribution < 1.29 is 5.11 Å². The third-order valence-electron chi connectivity index (χ3n) is 4.52. The van der Waals surface area contributed by atoms with Crippen molar-refractivity contribution in [3.63, 3.8) is 0 Å². The van der Waals surface area contributed by atoms with E-state index in [1.165, 1.54) is 56.1 Å². The Bertz CT molecular complexity index is 559. The van der Waals surface area contributed by atoms with Crippen LogP contribution in [0.4, 0.5) is 0 Å². The molecule has 1 nitrogen and oxygen atoms in total. The number of hydrogen-bond donors (Lipinski definition) is 1. The van der Waals surface area contributed by atoms with Crippen molar-refractivity contribution in [1.82, 2.24) is 0 Å². The summed E-state index contributed by atoms with van der Waals surface area (Å²) in [4.78, 5) is 0. The Balaban J connectivity index is 1.87. The molecule has 0 aromatic heterocycles. The highest BCUT2D eigenvalue weighted by Gasteiger charge is 2.08. The van der Waals surface area contributed by atoms with E-state index in [-0.39, 0.29) is 0 Å². The largest absolute Gasteiger partial charge is 0.508 e. The molecule has 0 aliphatic carbocycles. The molecule has 0 aliphatic heterocycles. The first-order valence-corrected chi connectivity index (χ1v) is 9.15. The van der Waals surface area contributed by atoms with Crippen LogP contribution < -0.4 is 0 Å². The predicted octanol–water partition coefficient (Wildman–Crippen LogP) is 6.28. The maximum absolute atomic E-state index is 10.3. The molecule has 0 atom stereocenters. The first-order valence-electron chi connectivity index (χ1n) is 9.15. The Morgan fingerprint density at radius 1 is 0.739 bits per heavy atom. The smallest absolute Gasteiger partial charge is 0.119 e. The Kier molecular flexibility index (Phi) is 7.72. The number of phenolic OH excluding ortho intramolecular Hbond substituents is 1. The third-order valence-corrected chi connectivity index (χ3v) is 4.52. The van der Waals surface area contributed by atoms with Gasteiger partial charge in [0.25, 0.3) is 0 Å². The fourth-order valence-corrected chi connectivity index (χ4v) is 3.13. The second-order valence-electron chi connectivity index (χ2n) is 6.45. The molecule has 0 heterocycles. The Hall–Kier alpha value is -1.76. The van der Waals surface area contributed by atoms with E-state index in [1.54, 1.807) is 0 Å². The van der Waals surface area contributed by atoms with E-state index in [2.05, 4.69) is 37.3 Å². The van der Waals surface area contributed by atoms with Gasteiger partial charge in [-0.15, -0.1) is 0 Å². The van der Waals surface area contributed by atoms with Crippen molar-refractivity contribution in [2.75, 3.05) is 0 Å². The highest BCUT2D eigenvalue weighted by Crippen LogP contribution is 2.26. The van der Waals surface area contributed by atoms with E-state index >= 15 is 0 Å². The Morgan fingerprint density at radius 3 is 2.17 bits per heavy atom. The normalized spacial score (nSPS) is 10.8. The summed E-state index contributed by atoms with van der Waals surface area (Å²) in [7, 11) is 0. The van der Waals surface area contributed by atoms with Gasteiger partial charge >= 0.3 is 0 Å². The van der Waals surface area contributed by atoms with Crippen LogP contribution in [0, 0.1) is 0 Å². The molecule has 0 bridgehead atoms. The first-order chi connectivity index (χ1) is 11.3. The fourth-order valence-electron chi connectivity index (χ4n) is 3.13. The molecule has 0 radical (unpaired) electrons. The van der Waals surface area contributed by atoms with Gasteiger partial charge < -0.3 is 5.11 Å².